The number of para-hydroxylation sites is 1. The molecule has 1 atom stereocenters. The van der Waals surface area contributed by atoms with Crippen molar-refractivity contribution in [2.75, 3.05) is 11.9 Å². The summed E-state index contributed by atoms with van der Waals surface area (Å²) in [7, 11) is 0. The second-order valence-electron chi connectivity index (χ2n) is 5.17. The molecule has 0 saturated carbocycles. The van der Waals surface area contributed by atoms with Gasteiger partial charge in [0, 0.05) is 10.2 Å². The molecule has 0 aliphatic heterocycles. The first-order chi connectivity index (χ1) is 9.52. The Morgan fingerprint density at radius 1 is 1.10 bits per heavy atom. The van der Waals surface area contributed by atoms with Crippen molar-refractivity contribution >= 4 is 21.6 Å². The number of benzene rings is 2. The molecule has 1 unspecified atom stereocenters. The van der Waals surface area contributed by atoms with E-state index in [4.69, 9.17) is 0 Å². The molecule has 0 spiro atoms. The van der Waals surface area contributed by atoms with Crippen LogP contribution in [0.25, 0.3) is 0 Å². The van der Waals surface area contributed by atoms with Crippen molar-refractivity contribution in [3.63, 3.8) is 0 Å². The number of aliphatic hydroxyl groups excluding tert-OH is 1. The largest absolute Gasteiger partial charge is 0.394 e. The molecule has 0 heterocycles. The zero-order valence-corrected chi connectivity index (χ0v) is 13.7. The first-order valence-electron chi connectivity index (χ1n) is 6.72. The average Bonchev–Trinajstić information content (AvgIpc) is 2.38. The van der Waals surface area contributed by atoms with Crippen LogP contribution in [0.3, 0.4) is 0 Å². The Morgan fingerprint density at radius 3 is 2.25 bits per heavy atom. The maximum absolute atomic E-state index is 9.77. The molecule has 2 aromatic rings. The quantitative estimate of drug-likeness (QED) is 0.862. The van der Waals surface area contributed by atoms with Gasteiger partial charge in [0.25, 0.3) is 0 Å². The Hall–Kier alpha value is -1.32. The SMILES string of the molecule is Cc1cc(C)c(C(CO)Nc2ccccc2Br)c(C)c1. The molecule has 106 valence electrons. The highest BCUT2D eigenvalue weighted by atomic mass is 79.9. The first kappa shape index (κ1) is 15.1. The minimum atomic E-state index is -0.103. The summed E-state index contributed by atoms with van der Waals surface area (Å²) in [5.41, 5.74) is 5.84. The number of hydrogen-bond donors (Lipinski definition) is 2. The number of aliphatic hydroxyl groups is 1. The van der Waals surface area contributed by atoms with Crippen LogP contribution in [0.15, 0.2) is 40.9 Å². The minimum absolute atomic E-state index is 0.0616. The van der Waals surface area contributed by atoms with Crippen molar-refractivity contribution in [2.24, 2.45) is 0 Å². The van der Waals surface area contributed by atoms with Gasteiger partial charge in [0.05, 0.1) is 12.6 Å². The van der Waals surface area contributed by atoms with E-state index in [0.29, 0.717) is 0 Å². The number of hydrogen-bond acceptors (Lipinski definition) is 2. The van der Waals surface area contributed by atoms with E-state index in [1.54, 1.807) is 0 Å². The monoisotopic (exact) mass is 333 g/mol. The van der Waals surface area contributed by atoms with Gasteiger partial charge in [0.15, 0.2) is 0 Å². The van der Waals surface area contributed by atoms with Gasteiger partial charge in [0.1, 0.15) is 0 Å². The third-order valence-electron chi connectivity index (χ3n) is 3.47. The van der Waals surface area contributed by atoms with Crippen molar-refractivity contribution in [1.29, 1.82) is 0 Å². The summed E-state index contributed by atoms with van der Waals surface area (Å²) in [6.07, 6.45) is 0. The maximum Gasteiger partial charge on any atom is 0.0750 e. The lowest BCUT2D eigenvalue weighted by molar-refractivity contribution is 0.275. The van der Waals surface area contributed by atoms with Crippen molar-refractivity contribution in [3.8, 4) is 0 Å². The van der Waals surface area contributed by atoms with E-state index >= 15 is 0 Å². The Bertz CT molecular complexity index is 587. The van der Waals surface area contributed by atoms with Crippen LogP contribution in [0.5, 0.6) is 0 Å². The van der Waals surface area contributed by atoms with E-state index in [1.165, 1.54) is 22.3 Å². The van der Waals surface area contributed by atoms with Gasteiger partial charge in [-0.05, 0) is 65.5 Å². The van der Waals surface area contributed by atoms with Crippen molar-refractivity contribution < 1.29 is 5.11 Å². The van der Waals surface area contributed by atoms with Gasteiger partial charge in [-0.1, -0.05) is 29.8 Å². The van der Waals surface area contributed by atoms with Gasteiger partial charge < -0.3 is 10.4 Å². The van der Waals surface area contributed by atoms with Crippen LogP contribution in [-0.2, 0) is 0 Å². The van der Waals surface area contributed by atoms with Gasteiger partial charge >= 0.3 is 0 Å². The fraction of sp³-hybridized carbons (Fsp3) is 0.294. The number of anilines is 1. The molecule has 0 fully saturated rings. The maximum atomic E-state index is 9.77. The summed E-state index contributed by atoms with van der Waals surface area (Å²) in [4.78, 5) is 0. The smallest absolute Gasteiger partial charge is 0.0750 e. The van der Waals surface area contributed by atoms with Gasteiger partial charge in [0.2, 0.25) is 0 Å². The normalized spacial score (nSPS) is 12.2. The van der Waals surface area contributed by atoms with Crippen molar-refractivity contribution in [1.82, 2.24) is 0 Å². The molecule has 2 rings (SSSR count). The molecule has 0 aromatic heterocycles. The van der Waals surface area contributed by atoms with Crippen LogP contribution < -0.4 is 5.32 Å². The van der Waals surface area contributed by atoms with E-state index in [9.17, 15) is 5.11 Å². The summed E-state index contributed by atoms with van der Waals surface area (Å²) in [6, 6.07) is 12.2. The molecular formula is C17H20BrNO. The molecule has 3 heteroatoms. The Morgan fingerprint density at radius 2 is 1.70 bits per heavy atom. The zero-order chi connectivity index (χ0) is 14.7. The molecular weight excluding hydrogens is 314 g/mol. The molecule has 2 aromatic carbocycles. The van der Waals surface area contributed by atoms with Gasteiger partial charge in [-0.25, -0.2) is 0 Å². The summed E-state index contributed by atoms with van der Waals surface area (Å²) in [6.45, 7) is 6.35. The number of aryl methyl sites for hydroxylation is 3. The molecule has 0 aliphatic carbocycles. The van der Waals surface area contributed by atoms with E-state index < -0.39 is 0 Å². The second kappa shape index (κ2) is 6.42. The number of halogens is 1. The molecule has 0 amide bonds. The van der Waals surface area contributed by atoms with Crippen molar-refractivity contribution in [2.45, 2.75) is 26.8 Å². The fourth-order valence-corrected chi connectivity index (χ4v) is 3.12. The van der Waals surface area contributed by atoms with Gasteiger partial charge in [-0.3, -0.25) is 0 Å². The standard InChI is InChI=1S/C17H20BrNO/c1-11-8-12(2)17(13(3)9-11)16(10-20)19-15-7-5-4-6-14(15)18/h4-9,16,19-20H,10H2,1-3H3. The third kappa shape index (κ3) is 3.22. The molecule has 2 N–H and O–H groups in total. The predicted molar refractivity (Wildman–Crippen MR) is 88.2 cm³/mol. The summed E-state index contributed by atoms with van der Waals surface area (Å²) in [5, 5.41) is 13.2. The molecule has 2 nitrogen and oxygen atoms in total. The predicted octanol–water partition coefficient (Wildman–Crippen LogP) is 4.52. The lowest BCUT2D eigenvalue weighted by atomic mass is 9.94. The Kier molecular flexibility index (Phi) is 4.84. The summed E-state index contributed by atoms with van der Waals surface area (Å²) < 4.78 is 1.00. The second-order valence-corrected chi connectivity index (χ2v) is 6.03. The van der Waals surface area contributed by atoms with Gasteiger partial charge in [-0.15, -0.1) is 0 Å². The molecule has 0 bridgehead atoms. The highest BCUT2D eigenvalue weighted by Crippen LogP contribution is 2.29. The number of nitrogens with one attached hydrogen (secondary N) is 1. The summed E-state index contributed by atoms with van der Waals surface area (Å²) >= 11 is 3.53. The minimum Gasteiger partial charge on any atom is -0.394 e. The van der Waals surface area contributed by atoms with Crippen molar-refractivity contribution in [3.05, 3.63) is 63.1 Å². The first-order valence-corrected chi connectivity index (χ1v) is 7.52. The highest BCUT2D eigenvalue weighted by Gasteiger charge is 2.16. The van der Waals surface area contributed by atoms with Gasteiger partial charge in [-0.2, -0.15) is 0 Å². The van der Waals surface area contributed by atoms with E-state index in [-0.39, 0.29) is 12.6 Å². The highest BCUT2D eigenvalue weighted by molar-refractivity contribution is 9.10. The number of rotatable bonds is 4. The molecule has 0 saturated heterocycles. The lowest BCUT2D eigenvalue weighted by Crippen LogP contribution is -2.17. The average molecular weight is 334 g/mol. The fourth-order valence-electron chi connectivity index (χ4n) is 2.72. The Labute approximate surface area is 129 Å². The van der Waals surface area contributed by atoms with E-state index in [1.807, 2.05) is 24.3 Å². The third-order valence-corrected chi connectivity index (χ3v) is 4.16. The molecule has 20 heavy (non-hydrogen) atoms. The molecule has 0 radical (unpaired) electrons. The lowest BCUT2D eigenvalue weighted by Gasteiger charge is -2.23. The zero-order valence-electron chi connectivity index (χ0n) is 12.1. The molecule has 0 aliphatic rings. The Balaban J connectivity index is 2.37. The van der Waals surface area contributed by atoms with E-state index in [0.717, 1.165) is 10.2 Å². The van der Waals surface area contributed by atoms with Crippen LogP contribution in [0, 0.1) is 20.8 Å². The van der Waals surface area contributed by atoms with E-state index in [2.05, 4.69) is 54.2 Å². The van der Waals surface area contributed by atoms with Crippen LogP contribution in [-0.4, -0.2) is 11.7 Å². The van der Waals surface area contributed by atoms with Crippen LogP contribution in [0.1, 0.15) is 28.3 Å². The topological polar surface area (TPSA) is 32.3 Å². The van der Waals surface area contributed by atoms with Crippen LogP contribution in [0.2, 0.25) is 0 Å². The van der Waals surface area contributed by atoms with Crippen LogP contribution >= 0.6 is 15.9 Å². The summed E-state index contributed by atoms with van der Waals surface area (Å²) in [5.74, 6) is 0. The van der Waals surface area contributed by atoms with Crippen LogP contribution in [0.4, 0.5) is 5.69 Å².